The van der Waals surface area contributed by atoms with Crippen molar-refractivity contribution in [2.75, 3.05) is 25.5 Å². The fraction of sp³-hybridized carbons (Fsp3) is 0.391. The summed E-state index contributed by atoms with van der Waals surface area (Å²) in [5, 5.41) is 5.86. The highest BCUT2D eigenvalue weighted by Crippen LogP contribution is 2.34. The molecule has 154 valence electrons. The normalized spacial score (nSPS) is 18.8. The molecule has 1 aliphatic heterocycles. The minimum atomic E-state index is -0.249. The van der Waals surface area contributed by atoms with E-state index in [0.29, 0.717) is 13.1 Å². The van der Waals surface area contributed by atoms with Crippen molar-refractivity contribution >= 4 is 17.6 Å². The molecule has 6 nitrogen and oxygen atoms in total. The molecule has 29 heavy (non-hydrogen) atoms. The molecule has 0 aromatic heterocycles. The van der Waals surface area contributed by atoms with Crippen molar-refractivity contribution < 1.29 is 14.3 Å². The Hall–Kier alpha value is -3.02. The van der Waals surface area contributed by atoms with E-state index < -0.39 is 0 Å². The van der Waals surface area contributed by atoms with E-state index in [4.69, 9.17) is 4.74 Å². The van der Waals surface area contributed by atoms with E-state index in [0.717, 1.165) is 35.4 Å². The maximum Gasteiger partial charge on any atom is 0.317 e. The molecule has 1 aliphatic rings. The van der Waals surface area contributed by atoms with Crippen LogP contribution < -0.4 is 15.4 Å². The van der Waals surface area contributed by atoms with Gasteiger partial charge in [0.2, 0.25) is 5.91 Å². The van der Waals surface area contributed by atoms with Gasteiger partial charge in [0.25, 0.3) is 0 Å². The van der Waals surface area contributed by atoms with E-state index in [9.17, 15) is 9.59 Å². The molecule has 1 saturated heterocycles. The lowest BCUT2D eigenvalue weighted by molar-refractivity contribution is -0.121. The Morgan fingerprint density at radius 2 is 1.90 bits per heavy atom. The minimum absolute atomic E-state index is 0.0218. The SMILES string of the molecule is CCNC(=O)N1CC(C(=O)Nc2ccc(OC)cc2)CCC1c1cccc(C)c1. The Labute approximate surface area is 172 Å². The highest BCUT2D eigenvalue weighted by Gasteiger charge is 2.35. The molecule has 0 saturated carbocycles. The molecular formula is C23H29N3O3. The molecule has 1 fully saturated rings. The van der Waals surface area contributed by atoms with E-state index in [2.05, 4.69) is 22.8 Å². The summed E-state index contributed by atoms with van der Waals surface area (Å²) < 4.78 is 5.15. The van der Waals surface area contributed by atoms with Crippen LogP contribution in [0.4, 0.5) is 10.5 Å². The summed E-state index contributed by atoms with van der Waals surface area (Å²) >= 11 is 0. The summed E-state index contributed by atoms with van der Waals surface area (Å²) in [5.74, 6) is 0.428. The van der Waals surface area contributed by atoms with Crippen LogP contribution in [0.5, 0.6) is 5.75 Å². The summed E-state index contributed by atoms with van der Waals surface area (Å²) in [4.78, 5) is 27.4. The molecule has 2 aromatic carbocycles. The average molecular weight is 396 g/mol. The van der Waals surface area contributed by atoms with E-state index >= 15 is 0 Å². The van der Waals surface area contributed by atoms with Crippen LogP contribution in [-0.4, -0.2) is 37.0 Å². The van der Waals surface area contributed by atoms with Crippen molar-refractivity contribution in [1.29, 1.82) is 0 Å². The number of benzene rings is 2. The van der Waals surface area contributed by atoms with E-state index in [-0.39, 0.29) is 23.9 Å². The molecule has 0 spiro atoms. The zero-order chi connectivity index (χ0) is 20.8. The number of carbonyl (C=O) groups is 2. The Morgan fingerprint density at radius 1 is 1.14 bits per heavy atom. The zero-order valence-corrected chi connectivity index (χ0v) is 17.3. The fourth-order valence-corrected chi connectivity index (χ4v) is 3.80. The van der Waals surface area contributed by atoms with E-state index in [1.54, 1.807) is 12.0 Å². The topological polar surface area (TPSA) is 70.7 Å². The standard InChI is InChI=1S/C23H29N3O3/c1-4-24-23(28)26-15-18(8-13-21(26)17-7-5-6-16(2)14-17)22(27)25-19-9-11-20(29-3)12-10-19/h5-7,9-12,14,18,21H,4,8,13,15H2,1-3H3,(H,24,28)(H,25,27). The van der Waals surface area contributed by atoms with Crippen molar-refractivity contribution in [1.82, 2.24) is 10.2 Å². The zero-order valence-electron chi connectivity index (χ0n) is 17.3. The lowest BCUT2D eigenvalue weighted by Crippen LogP contribution is -2.49. The van der Waals surface area contributed by atoms with Gasteiger partial charge in [-0.15, -0.1) is 0 Å². The van der Waals surface area contributed by atoms with Crippen LogP contribution in [0.25, 0.3) is 0 Å². The van der Waals surface area contributed by atoms with Crippen LogP contribution >= 0.6 is 0 Å². The number of hydrogen-bond acceptors (Lipinski definition) is 3. The maximum atomic E-state index is 12.8. The number of rotatable bonds is 5. The van der Waals surface area contributed by atoms with E-state index in [1.165, 1.54) is 0 Å². The van der Waals surface area contributed by atoms with Gasteiger partial charge >= 0.3 is 6.03 Å². The molecule has 2 aromatic rings. The molecule has 6 heteroatoms. The largest absolute Gasteiger partial charge is 0.497 e. The minimum Gasteiger partial charge on any atom is -0.497 e. The van der Waals surface area contributed by atoms with Gasteiger partial charge in [-0.25, -0.2) is 4.79 Å². The van der Waals surface area contributed by atoms with Gasteiger partial charge in [-0.3, -0.25) is 4.79 Å². The number of piperidine rings is 1. The number of aryl methyl sites for hydroxylation is 1. The van der Waals surface area contributed by atoms with E-state index in [1.807, 2.05) is 50.2 Å². The molecule has 3 rings (SSSR count). The summed E-state index contributed by atoms with van der Waals surface area (Å²) in [7, 11) is 1.61. The third-order valence-electron chi connectivity index (χ3n) is 5.33. The van der Waals surface area contributed by atoms with Gasteiger partial charge in [-0.1, -0.05) is 29.8 Å². The van der Waals surface area contributed by atoms with Crippen molar-refractivity contribution in [3.63, 3.8) is 0 Å². The molecule has 2 unspecified atom stereocenters. The predicted molar refractivity (Wildman–Crippen MR) is 114 cm³/mol. The van der Waals surface area contributed by atoms with Gasteiger partial charge in [-0.05, 0) is 56.5 Å². The Morgan fingerprint density at radius 3 is 2.55 bits per heavy atom. The number of carbonyl (C=O) groups excluding carboxylic acids is 2. The summed E-state index contributed by atoms with van der Waals surface area (Å²) in [6, 6.07) is 15.4. The average Bonchev–Trinajstić information content (AvgIpc) is 2.74. The summed E-state index contributed by atoms with van der Waals surface area (Å²) in [5.41, 5.74) is 3.00. The van der Waals surface area contributed by atoms with Crippen molar-refractivity contribution in [3.05, 3.63) is 59.7 Å². The van der Waals surface area contributed by atoms with Crippen LogP contribution in [-0.2, 0) is 4.79 Å². The highest BCUT2D eigenvalue weighted by atomic mass is 16.5. The fourth-order valence-electron chi connectivity index (χ4n) is 3.80. The first kappa shape index (κ1) is 20.7. The van der Waals surface area contributed by atoms with Crippen molar-refractivity contribution in [3.8, 4) is 5.75 Å². The molecule has 0 bridgehead atoms. The van der Waals surface area contributed by atoms with Crippen molar-refractivity contribution in [2.24, 2.45) is 5.92 Å². The Kier molecular flexibility index (Phi) is 6.75. The number of hydrogen-bond donors (Lipinski definition) is 2. The molecule has 3 amide bonds. The second-order valence-electron chi connectivity index (χ2n) is 7.41. The number of nitrogens with one attached hydrogen (secondary N) is 2. The maximum absolute atomic E-state index is 12.8. The highest BCUT2D eigenvalue weighted by molar-refractivity contribution is 5.93. The van der Waals surface area contributed by atoms with Crippen LogP contribution in [0.3, 0.4) is 0 Å². The number of nitrogens with zero attached hydrogens (tertiary/aromatic N) is 1. The number of anilines is 1. The number of amides is 3. The molecule has 2 N–H and O–H groups in total. The van der Waals surface area contributed by atoms with Crippen LogP contribution in [0, 0.1) is 12.8 Å². The first-order chi connectivity index (χ1) is 14.0. The third kappa shape index (κ3) is 5.08. The lowest BCUT2D eigenvalue weighted by Gasteiger charge is -2.39. The van der Waals surface area contributed by atoms with Gasteiger partial charge in [0.05, 0.1) is 19.1 Å². The quantitative estimate of drug-likeness (QED) is 0.800. The molecule has 2 atom stereocenters. The second kappa shape index (κ2) is 9.45. The lowest BCUT2D eigenvalue weighted by atomic mass is 9.88. The van der Waals surface area contributed by atoms with Gasteiger partial charge < -0.3 is 20.3 Å². The van der Waals surface area contributed by atoms with Crippen LogP contribution in [0.2, 0.25) is 0 Å². The van der Waals surface area contributed by atoms with Crippen molar-refractivity contribution in [2.45, 2.75) is 32.7 Å². The summed E-state index contributed by atoms with van der Waals surface area (Å²) in [6.45, 7) is 4.90. The third-order valence-corrected chi connectivity index (χ3v) is 5.33. The number of urea groups is 1. The van der Waals surface area contributed by atoms with Gasteiger partial charge in [0.1, 0.15) is 5.75 Å². The first-order valence-corrected chi connectivity index (χ1v) is 10.1. The number of ether oxygens (including phenoxy) is 1. The molecular weight excluding hydrogens is 366 g/mol. The second-order valence-corrected chi connectivity index (χ2v) is 7.41. The number of likely N-dealkylation sites (tertiary alicyclic amines) is 1. The molecule has 0 aliphatic carbocycles. The molecule has 0 radical (unpaired) electrons. The Balaban J connectivity index is 1.73. The van der Waals surface area contributed by atoms with Gasteiger partial charge in [0, 0.05) is 18.8 Å². The predicted octanol–water partition coefficient (Wildman–Crippen LogP) is 4.12. The summed E-state index contributed by atoms with van der Waals surface area (Å²) in [6.07, 6.45) is 1.48. The van der Waals surface area contributed by atoms with Gasteiger partial charge in [-0.2, -0.15) is 0 Å². The monoisotopic (exact) mass is 395 g/mol. The van der Waals surface area contributed by atoms with Crippen LogP contribution in [0.15, 0.2) is 48.5 Å². The first-order valence-electron chi connectivity index (χ1n) is 10.1. The molecule has 1 heterocycles. The van der Waals surface area contributed by atoms with Gasteiger partial charge in [0.15, 0.2) is 0 Å². The Bertz CT molecular complexity index is 851. The number of methoxy groups -OCH3 is 1. The smallest absolute Gasteiger partial charge is 0.317 e. The van der Waals surface area contributed by atoms with Crippen LogP contribution in [0.1, 0.15) is 36.9 Å².